The minimum atomic E-state index is -0.709. The molecule has 4 heteroatoms. The molecule has 1 amide bonds. The van der Waals surface area contributed by atoms with Crippen LogP contribution in [0.4, 0.5) is 5.69 Å². The summed E-state index contributed by atoms with van der Waals surface area (Å²) in [5.74, 6) is 3.96. The van der Waals surface area contributed by atoms with Crippen molar-refractivity contribution in [2.24, 2.45) is 5.73 Å². The number of carbonyl (C=O) groups is 1. The lowest BCUT2D eigenvalue weighted by molar-refractivity contribution is -0.112. The van der Waals surface area contributed by atoms with Gasteiger partial charge < -0.3 is 11.5 Å². The van der Waals surface area contributed by atoms with Gasteiger partial charge in [-0.2, -0.15) is 0 Å². The zero-order valence-electron chi connectivity index (χ0n) is 6.67. The Morgan fingerprint density at radius 1 is 1.46 bits per heavy atom. The van der Waals surface area contributed by atoms with Crippen LogP contribution in [-0.4, -0.2) is 5.91 Å². The fourth-order valence-corrected chi connectivity index (χ4v) is 1.03. The molecule has 0 saturated carbocycles. The molecular formula is C9H7ClN2O. The van der Waals surface area contributed by atoms with Gasteiger partial charge in [0.05, 0.1) is 10.6 Å². The van der Waals surface area contributed by atoms with Crippen molar-refractivity contribution in [1.29, 1.82) is 0 Å². The van der Waals surface area contributed by atoms with Crippen molar-refractivity contribution in [3.63, 3.8) is 0 Å². The maximum absolute atomic E-state index is 10.4. The van der Waals surface area contributed by atoms with Gasteiger partial charge in [-0.15, -0.1) is 0 Å². The van der Waals surface area contributed by atoms with Crippen LogP contribution in [0.5, 0.6) is 0 Å². The first kappa shape index (κ1) is 9.43. The van der Waals surface area contributed by atoms with E-state index in [1.165, 1.54) is 0 Å². The third-order valence-electron chi connectivity index (χ3n) is 1.36. The fraction of sp³-hybridized carbons (Fsp3) is 0. The summed E-state index contributed by atoms with van der Waals surface area (Å²) >= 11 is 5.78. The van der Waals surface area contributed by atoms with E-state index in [4.69, 9.17) is 23.1 Å². The number of anilines is 1. The Labute approximate surface area is 80.7 Å². The number of amides is 1. The van der Waals surface area contributed by atoms with Gasteiger partial charge in [0.2, 0.25) is 0 Å². The molecule has 66 valence electrons. The van der Waals surface area contributed by atoms with E-state index in [2.05, 4.69) is 11.8 Å². The van der Waals surface area contributed by atoms with Crippen molar-refractivity contribution < 1.29 is 4.79 Å². The van der Waals surface area contributed by atoms with Gasteiger partial charge in [-0.1, -0.05) is 23.6 Å². The molecule has 0 unspecified atom stereocenters. The van der Waals surface area contributed by atoms with Crippen LogP contribution in [0.15, 0.2) is 18.2 Å². The van der Waals surface area contributed by atoms with Crippen molar-refractivity contribution >= 4 is 23.2 Å². The van der Waals surface area contributed by atoms with Gasteiger partial charge in [0, 0.05) is 11.6 Å². The second-order valence-electron chi connectivity index (χ2n) is 2.32. The normalized spacial score (nSPS) is 8.69. The van der Waals surface area contributed by atoms with E-state index in [1.54, 1.807) is 18.2 Å². The molecule has 1 rings (SSSR count). The van der Waals surface area contributed by atoms with Crippen molar-refractivity contribution in [3.8, 4) is 11.8 Å². The maximum atomic E-state index is 10.4. The molecule has 0 aliphatic heterocycles. The topological polar surface area (TPSA) is 69.1 Å². The van der Waals surface area contributed by atoms with Crippen molar-refractivity contribution in [1.82, 2.24) is 0 Å². The summed E-state index contributed by atoms with van der Waals surface area (Å²) in [5.41, 5.74) is 11.3. The molecule has 0 radical (unpaired) electrons. The Bertz CT molecular complexity index is 384. The number of primary amides is 1. The van der Waals surface area contributed by atoms with Gasteiger partial charge >= 0.3 is 0 Å². The number of nitrogen functional groups attached to an aromatic ring is 1. The van der Waals surface area contributed by atoms with E-state index in [-0.39, 0.29) is 0 Å². The predicted molar refractivity (Wildman–Crippen MR) is 51.9 cm³/mol. The fourth-order valence-electron chi connectivity index (χ4n) is 0.797. The van der Waals surface area contributed by atoms with Crippen LogP contribution in [0, 0.1) is 11.8 Å². The third kappa shape index (κ3) is 2.39. The van der Waals surface area contributed by atoms with Crippen LogP contribution in [0.1, 0.15) is 5.56 Å². The lowest BCUT2D eigenvalue weighted by Crippen LogP contribution is -2.06. The molecule has 0 atom stereocenters. The van der Waals surface area contributed by atoms with Gasteiger partial charge in [-0.05, 0) is 12.1 Å². The highest BCUT2D eigenvalue weighted by Gasteiger charge is 1.99. The molecule has 4 N–H and O–H groups in total. The van der Waals surface area contributed by atoms with Gasteiger partial charge in [-0.25, -0.2) is 0 Å². The summed E-state index contributed by atoms with van der Waals surface area (Å²) in [7, 11) is 0. The summed E-state index contributed by atoms with van der Waals surface area (Å²) < 4.78 is 0. The van der Waals surface area contributed by atoms with Crippen LogP contribution in [0.3, 0.4) is 0 Å². The molecule has 0 fully saturated rings. The molecule has 0 aliphatic carbocycles. The molecule has 1 aromatic rings. The second kappa shape index (κ2) is 3.83. The van der Waals surface area contributed by atoms with E-state index in [0.29, 0.717) is 16.3 Å². The van der Waals surface area contributed by atoms with Crippen LogP contribution < -0.4 is 11.5 Å². The minimum absolute atomic E-state index is 0.411. The van der Waals surface area contributed by atoms with Crippen molar-refractivity contribution in [2.75, 3.05) is 5.73 Å². The molecule has 1 aromatic carbocycles. The van der Waals surface area contributed by atoms with Gasteiger partial charge in [0.1, 0.15) is 0 Å². The highest BCUT2D eigenvalue weighted by Crippen LogP contribution is 2.20. The van der Waals surface area contributed by atoms with Gasteiger partial charge in [-0.3, -0.25) is 4.79 Å². The first-order chi connectivity index (χ1) is 6.11. The Kier molecular flexibility index (Phi) is 2.78. The average molecular weight is 195 g/mol. The number of carbonyl (C=O) groups excluding carboxylic acids is 1. The standard InChI is InChI=1S/C9H7ClN2O/c10-7-2-1-3-8(11)6(7)4-5-9(12)13/h1-3H,11H2,(H2,12,13). The number of rotatable bonds is 0. The number of hydrogen-bond donors (Lipinski definition) is 2. The Hall–Kier alpha value is -1.66. The van der Waals surface area contributed by atoms with Crippen LogP contribution >= 0.6 is 11.6 Å². The monoisotopic (exact) mass is 194 g/mol. The Morgan fingerprint density at radius 3 is 2.69 bits per heavy atom. The first-order valence-corrected chi connectivity index (χ1v) is 3.84. The van der Waals surface area contributed by atoms with Crippen LogP contribution in [0.25, 0.3) is 0 Å². The number of benzene rings is 1. The third-order valence-corrected chi connectivity index (χ3v) is 1.67. The zero-order chi connectivity index (χ0) is 9.84. The van der Waals surface area contributed by atoms with E-state index in [9.17, 15) is 4.79 Å². The number of hydrogen-bond acceptors (Lipinski definition) is 2. The molecule has 0 aliphatic rings. The minimum Gasteiger partial charge on any atom is -0.398 e. The van der Waals surface area contributed by atoms with E-state index >= 15 is 0 Å². The van der Waals surface area contributed by atoms with Crippen molar-refractivity contribution in [3.05, 3.63) is 28.8 Å². The molecule has 0 saturated heterocycles. The quantitative estimate of drug-likeness (QED) is 0.473. The summed E-state index contributed by atoms with van der Waals surface area (Å²) in [5, 5.41) is 0.411. The lowest BCUT2D eigenvalue weighted by Gasteiger charge is -1.98. The molecule has 13 heavy (non-hydrogen) atoms. The summed E-state index contributed by atoms with van der Waals surface area (Å²) in [6, 6.07) is 4.99. The summed E-state index contributed by atoms with van der Waals surface area (Å²) in [6.07, 6.45) is 0. The SMILES string of the molecule is NC(=O)C#Cc1c(N)cccc1Cl. The first-order valence-electron chi connectivity index (χ1n) is 3.46. The summed E-state index contributed by atoms with van der Waals surface area (Å²) in [4.78, 5) is 10.4. The molecule has 0 aromatic heterocycles. The molecular weight excluding hydrogens is 188 g/mol. The number of nitrogens with two attached hydrogens (primary N) is 2. The lowest BCUT2D eigenvalue weighted by atomic mass is 10.2. The predicted octanol–water partition coefficient (Wildman–Crippen LogP) is 0.759. The second-order valence-corrected chi connectivity index (χ2v) is 2.73. The largest absolute Gasteiger partial charge is 0.398 e. The van der Waals surface area contributed by atoms with Gasteiger partial charge in [0.25, 0.3) is 5.91 Å². The van der Waals surface area contributed by atoms with Gasteiger partial charge in [0.15, 0.2) is 0 Å². The maximum Gasteiger partial charge on any atom is 0.293 e. The molecule has 0 heterocycles. The smallest absolute Gasteiger partial charge is 0.293 e. The molecule has 0 bridgehead atoms. The van der Waals surface area contributed by atoms with E-state index in [1.807, 2.05) is 0 Å². The average Bonchev–Trinajstić information content (AvgIpc) is 2.03. The Balaban J connectivity index is 3.16. The number of halogens is 1. The van der Waals surface area contributed by atoms with E-state index in [0.717, 1.165) is 0 Å². The molecule has 3 nitrogen and oxygen atoms in total. The molecule has 0 spiro atoms. The van der Waals surface area contributed by atoms with E-state index < -0.39 is 5.91 Å². The summed E-state index contributed by atoms with van der Waals surface area (Å²) in [6.45, 7) is 0. The highest BCUT2D eigenvalue weighted by molar-refractivity contribution is 6.32. The van der Waals surface area contributed by atoms with Crippen LogP contribution in [-0.2, 0) is 4.79 Å². The van der Waals surface area contributed by atoms with Crippen LogP contribution in [0.2, 0.25) is 5.02 Å². The highest BCUT2D eigenvalue weighted by atomic mass is 35.5. The Morgan fingerprint density at radius 2 is 2.15 bits per heavy atom. The zero-order valence-corrected chi connectivity index (χ0v) is 7.43. The van der Waals surface area contributed by atoms with Crippen molar-refractivity contribution in [2.45, 2.75) is 0 Å².